The second kappa shape index (κ2) is 5.57. The molecular formula is C14H20N2O3. The van der Waals surface area contributed by atoms with E-state index in [0.717, 1.165) is 25.0 Å². The molecule has 5 heteroatoms. The molecule has 2 rings (SSSR count). The van der Waals surface area contributed by atoms with Gasteiger partial charge in [0, 0.05) is 12.8 Å². The van der Waals surface area contributed by atoms with Crippen LogP contribution in [-0.4, -0.2) is 35.3 Å². The van der Waals surface area contributed by atoms with Gasteiger partial charge >= 0.3 is 5.97 Å². The number of hydrogen-bond donors (Lipinski definition) is 2. The van der Waals surface area contributed by atoms with E-state index in [1.807, 2.05) is 6.92 Å². The summed E-state index contributed by atoms with van der Waals surface area (Å²) in [6.45, 7) is 3.59. The maximum absolute atomic E-state index is 11.4. The maximum atomic E-state index is 11.4. The highest BCUT2D eigenvalue weighted by molar-refractivity contribution is 5.95. The van der Waals surface area contributed by atoms with E-state index >= 15 is 0 Å². The second-order valence-corrected chi connectivity index (χ2v) is 5.03. The van der Waals surface area contributed by atoms with Gasteiger partial charge < -0.3 is 15.2 Å². The normalized spacial score (nSPS) is 22.5. The summed E-state index contributed by atoms with van der Waals surface area (Å²) in [5.41, 5.74) is 2.26. The minimum Gasteiger partial charge on any atom is -0.478 e. The molecule has 104 valence electrons. The third-order valence-corrected chi connectivity index (χ3v) is 3.64. The van der Waals surface area contributed by atoms with E-state index in [0.29, 0.717) is 11.4 Å². The predicted molar refractivity (Wildman–Crippen MR) is 72.7 cm³/mol. The fourth-order valence-electron chi connectivity index (χ4n) is 2.79. The Labute approximate surface area is 113 Å². The minimum atomic E-state index is -0.945. The average molecular weight is 264 g/mol. The van der Waals surface area contributed by atoms with Crippen LogP contribution in [0.1, 0.15) is 41.0 Å². The summed E-state index contributed by atoms with van der Waals surface area (Å²) in [4.78, 5) is 15.6. The van der Waals surface area contributed by atoms with Crippen molar-refractivity contribution in [1.82, 2.24) is 4.98 Å². The number of nitrogens with one attached hydrogen (secondary N) is 1. The van der Waals surface area contributed by atoms with E-state index in [9.17, 15) is 9.90 Å². The number of pyridine rings is 1. The number of rotatable bonds is 4. The van der Waals surface area contributed by atoms with Gasteiger partial charge in [-0.1, -0.05) is 0 Å². The van der Waals surface area contributed by atoms with Crippen molar-refractivity contribution in [3.05, 3.63) is 23.0 Å². The van der Waals surface area contributed by atoms with E-state index in [1.54, 1.807) is 20.1 Å². The molecule has 2 unspecified atom stereocenters. The molecule has 0 bridgehead atoms. The maximum Gasteiger partial charge on any atom is 0.339 e. The van der Waals surface area contributed by atoms with Gasteiger partial charge in [0.25, 0.3) is 0 Å². The molecule has 1 aliphatic rings. The van der Waals surface area contributed by atoms with Crippen molar-refractivity contribution < 1.29 is 14.6 Å². The number of aromatic nitrogens is 1. The topological polar surface area (TPSA) is 71.5 Å². The summed E-state index contributed by atoms with van der Waals surface area (Å²) >= 11 is 0. The molecule has 0 spiro atoms. The average Bonchev–Trinajstić information content (AvgIpc) is 2.74. The van der Waals surface area contributed by atoms with Gasteiger partial charge in [-0.2, -0.15) is 0 Å². The van der Waals surface area contributed by atoms with Gasteiger partial charge in [-0.3, -0.25) is 4.98 Å². The van der Waals surface area contributed by atoms with Crippen molar-refractivity contribution in [3.63, 3.8) is 0 Å². The lowest BCUT2D eigenvalue weighted by Crippen LogP contribution is -2.30. The molecule has 1 heterocycles. The third-order valence-electron chi connectivity index (χ3n) is 3.64. The zero-order valence-corrected chi connectivity index (χ0v) is 11.6. The van der Waals surface area contributed by atoms with Crippen molar-refractivity contribution >= 4 is 11.7 Å². The second-order valence-electron chi connectivity index (χ2n) is 5.03. The Morgan fingerprint density at radius 1 is 1.47 bits per heavy atom. The summed E-state index contributed by atoms with van der Waals surface area (Å²) in [7, 11) is 1.70. The van der Waals surface area contributed by atoms with Crippen molar-refractivity contribution in [2.75, 3.05) is 12.4 Å². The van der Waals surface area contributed by atoms with Crippen LogP contribution in [0, 0.1) is 13.8 Å². The predicted octanol–water partition coefficient (Wildman–Crippen LogP) is 2.38. The van der Waals surface area contributed by atoms with Crippen molar-refractivity contribution in [2.24, 2.45) is 0 Å². The number of carboxylic acid groups (broad SMARTS) is 1. The van der Waals surface area contributed by atoms with Crippen LogP contribution in [0.3, 0.4) is 0 Å². The summed E-state index contributed by atoms with van der Waals surface area (Å²) < 4.78 is 5.43. The lowest BCUT2D eigenvalue weighted by Gasteiger charge is -2.22. The molecule has 0 aromatic carbocycles. The number of anilines is 1. The minimum absolute atomic E-state index is 0.149. The number of methoxy groups -OCH3 is 1. The van der Waals surface area contributed by atoms with E-state index < -0.39 is 5.97 Å². The highest BCUT2D eigenvalue weighted by Crippen LogP contribution is 2.28. The summed E-state index contributed by atoms with van der Waals surface area (Å²) in [6.07, 6.45) is 3.26. The molecule has 1 aliphatic carbocycles. The molecule has 1 aromatic rings. The molecule has 0 amide bonds. The fourth-order valence-corrected chi connectivity index (χ4v) is 2.79. The zero-order chi connectivity index (χ0) is 14.0. The van der Waals surface area contributed by atoms with Crippen LogP contribution in [0.4, 0.5) is 5.69 Å². The Kier molecular flexibility index (Phi) is 4.04. The van der Waals surface area contributed by atoms with Gasteiger partial charge in [0.2, 0.25) is 0 Å². The first kappa shape index (κ1) is 13.8. The van der Waals surface area contributed by atoms with Gasteiger partial charge in [0.15, 0.2) is 0 Å². The van der Waals surface area contributed by atoms with Gasteiger partial charge in [-0.25, -0.2) is 4.79 Å². The van der Waals surface area contributed by atoms with Crippen molar-refractivity contribution in [2.45, 2.75) is 45.3 Å². The van der Waals surface area contributed by atoms with E-state index in [4.69, 9.17) is 4.74 Å². The monoisotopic (exact) mass is 264 g/mol. The highest BCUT2D eigenvalue weighted by atomic mass is 16.5. The number of nitrogens with zero attached hydrogens (tertiary/aromatic N) is 1. The molecule has 1 aromatic heterocycles. The molecule has 2 N–H and O–H groups in total. The number of aromatic carboxylic acids is 1. The molecule has 1 fully saturated rings. The molecule has 0 saturated heterocycles. The summed E-state index contributed by atoms with van der Waals surface area (Å²) in [6, 6.07) is 1.96. The van der Waals surface area contributed by atoms with Crippen LogP contribution in [0.5, 0.6) is 0 Å². The van der Waals surface area contributed by atoms with Gasteiger partial charge in [-0.15, -0.1) is 0 Å². The van der Waals surface area contributed by atoms with Crippen molar-refractivity contribution in [1.29, 1.82) is 0 Å². The van der Waals surface area contributed by atoms with E-state index in [-0.39, 0.29) is 17.7 Å². The summed E-state index contributed by atoms with van der Waals surface area (Å²) in [5, 5.41) is 12.7. The Hall–Kier alpha value is -1.62. The molecule has 2 atom stereocenters. The fraction of sp³-hybridized carbons (Fsp3) is 0.571. The first-order valence-corrected chi connectivity index (χ1v) is 6.53. The Bertz CT molecular complexity index is 488. The van der Waals surface area contributed by atoms with Crippen LogP contribution in [0.2, 0.25) is 0 Å². The number of carboxylic acids is 1. The van der Waals surface area contributed by atoms with Crippen LogP contribution < -0.4 is 5.32 Å². The standard InChI is InChI=1S/C14H20N2O3/c1-8-7-11(13(14(17)18)9(2)15-8)16-10-5-4-6-12(10)19-3/h7,10,12H,4-6H2,1-3H3,(H,15,16)(H,17,18). The SMILES string of the molecule is COC1CCCC1Nc1cc(C)nc(C)c1C(=O)O. The Morgan fingerprint density at radius 3 is 2.84 bits per heavy atom. The molecule has 19 heavy (non-hydrogen) atoms. The van der Waals surface area contributed by atoms with Crippen molar-refractivity contribution in [3.8, 4) is 0 Å². The van der Waals surface area contributed by atoms with Crippen LogP contribution in [0.25, 0.3) is 0 Å². The van der Waals surface area contributed by atoms with Crippen LogP contribution >= 0.6 is 0 Å². The zero-order valence-electron chi connectivity index (χ0n) is 11.6. The number of hydrogen-bond acceptors (Lipinski definition) is 4. The Balaban J connectivity index is 2.31. The highest BCUT2D eigenvalue weighted by Gasteiger charge is 2.28. The lowest BCUT2D eigenvalue weighted by molar-refractivity contribution is 0.0696. The van der Waals surface area contributed by atoms with Crippen LogP contribution in [0.15, 0.2) is 6.07 Å². The summed E-state index contributed by atoms with van der Waals surface area (Å²) in [5.74, 6) is -0.945. The van der Waals surface area contributed by atoms with Gasteiger partial charge in [0.05, 0.1) is 23.5 Å². The first-order valence-electron chi connectivity index (χ1n) is 6.53. The molecule has 0 radical (unpaired) electrons. The number of ether oxygens (including phenoxy) is 1. The third kappa shape index (κ3) is 2.87. The first-order chi connectivity index (χ1) is 9.02. The van der Waals surface area contributed by atoms with E-state index in [2.05, 4.69) is 10.3 Å². The van der Waals surface area contributed by atoms with Gasteiger partial charge in [0.1, 0.15) is 5.56 Å². The van der Waals surface area contributed by atoms with Crippen LogP contribution in [-0.2, 0) is 4.74 Å². The van der Waals surface area contributed by atoms with Gasteiger partial charge in [-0.05, 0) is 39.2 Å². The smallest absolute Gasteiger partial charge is 0.339 e. The molecular weight excluding hydrogens is 244 g/mol. The quantitative estimate of drug-likeness (QED) is 0.873. The van der Waals surface area contributed by atoms with E-state index in [1.165, 1.54) is 0 Å². The number of carbonyl (C=O) groups is 1. The molecule has 1 saturated carbocycles. The lowest BCUT2D eigenvalue weighted by atomic mass is 10.1. The molecule has 0 aliphatic heterocycles. The Morgan fingerprint density at radius 2 is 2.21 bits per heavy atom. The number of aryl methyl sites for hydroxylation is 2. The largest absolute Gasteiger partial charge is 0.478 e. The molecule has 5 nitrogen and oxygen atoms in total.